The van der Waals surface area contributed by atoms with Gasteiger partial charge in [-0.3, -0.25) is 19.0 Å². The number of nitrogens with zero attached hydrogens (tertiary/aromatic N) is 1. The highest BCUT2D eigenvalue weighted by atomic mass is 19.1. The summed E-state index contributed by atoms with van der Waals surface area (Å²) in [5.74, 6) is -0.590. The van der Waals surface area contributed by atoms with Crippen LogP contribution in [-0.4, -0.2) is 41.1 Å². The Balaban J connectivity index is 1.42. The van der Waals surface area contributed by atoms with E-state index in [-0.39, 0.29) is 24.1 Å². The molecule has 0 spiro atoms. The molecule has 1 fully saturated rings. The van der Waals surface area contributed by atoms with Gasteiger partial charge in [-0.15, -0.1) is 0 Å². The molecular weight excluding hydrogens is 565 g/mol. The van der Waals surface area contributed by atoms with Gasteiger partial charge in [-0.1, -0.05) is 30.3 Å². The van der Waals surface area contributed by atoms with E-state index in [2.05, 4.69) is 20.9 Å². The maximum atomic E-state index is 15.5. The Labute approximate surface area is 253 Å². The van der Waals surface area contributed by atoms with E-state index in [1.807, 2.05) is 44.2 Å². The van der Waals surface area contributed by atoms with Gasteiger partial charge in [0.25, 0.3) is 11.5 Å². The molecule has 0 saturated carbocycles. The summed E-state index contributed by atoms with van der Waals surface area (Å²) in [7, 11) is 2.80. The summed E-state index contributed by atoms with van der Waals surface area (Å²) in [6, 6.07) is 14.6. The second kappa shape index (κ2) is 12.7. The quantitative estimate of drug-likeness (QED) is 0.231. The van der Waals surface area contributed by atoms with Crippen LogP contribution in [0.15, 0.2) is 64.3 Å². The number of aromatic amines is 1. The number of aromatic nitrogens is 2. The molecule has 1 aliphatic rings. The zero-order valence-corrected chi connectivity index (χ0v) is 25.0. The molecule has 0 aliphatic carbocycles. The molecule has 11 heteroatoms. The molecule has 2 amide bonds. The normalized spacial score (nSPS) is 14.4. The Morgan fingerprint density at radius 1 is 1.05 bits per heavy atom. The largest absolute Gasteiger partial charge is 0.496 e. The second-order valence-electron chi connectivity index (χ2n) is 10.9. The van der Waals surface area contributed by atoms with Gasteiger partial charge >= 0.3 is 5.69 Å². The van der Waals surface area contributed by atoms with Crippen molar-refractivity contribution >= 4 is 17.5 Å². The van der Waals surface area contributed by atoms with Crippen LogP contribution in [0.1, 0.15) is 39.9 Å². The fourth-order valence-corrected chi connectivity index (χ4v) is 5.54. The van der Waals surface area contributed by atoms with Crippen LogP contribution in [0.4, 0.5) is 10.1 Å². The Bertz CT molecular complexity index is 1880. The fourth-order valence-electron chi connectivity index (χ4n) is 5.54. The standard InChI is InChI=1S/C33H34FN5O5/c1-18-22(20-13-27(34)25(29(14-20)44-4)16-35-15-21-11-12-30(40)37-21)7-5-8-23(18)24-9-6-10-28(19(24)2)38-31(41)26-17-36-33(43)39(3)32(26)42/h5-10,13-14,17,21,35H,11-12,15-16H2,1-4H3,(H,36,43)(H,37,40)(H,38,41)/t21-/m1/s1. The van der Waals surface area contributed by atoms with Gasteiger partial charge in [0.05, 0.1) is 7.11 Å². The molecule has 1 atom stereocenters. The van der Waals surface area contributed by atoms with Crippen LogP contribution in [0.25, 0.3) is 22.3 Å². The highest BCUT2D eigenvalue weighted by Crippen LogP contribution is 2.37. The zero-order chi connectivity index (χ0) is 31.5. The first kappa shape index (κ1) is 30.4. The van der Waals surface area contributed by atoms with Gasteiger partial charge in [-0.05, 0) is 71.8 Å². The minimum absolute atomic E-state index is 0.0343. The Hall–Kier alpha value is -5.03. The van der Waals surface area contributed by atoms with E-state index in [0.29, 0.717) is 35.5 Å². The molecule has 0 bridgehead atoms. The molecule has 228 valence electrons. The van der Waals surface area contributed by atoms with Crippen LogP contribution in [0, 0.1) is 19.7 Å². The molecule has 4 aromatic rings. The van der Waals surface area contributed by atoms with Crippen LogP contribution >= 0.6 is 0 Å². The monoisotopic (exact) mass is 599 g/mol. The van der Waals surface area contributed by atoms with Crippen molar-refractivity contribution in [1.29, 1.82) is 0 Å². The minimum atomic E-state index is -0.699. The third-order valence-electron chi connectivity index (χ3n) is 8.09. The number of carbonyl (C=O) groups is 2. The minimum Gasteiger partial charge on any atom is -0.496 e. The summed E-state index contributed by atoms with van der Waals surface area (Å²) in [6.07, 6.45) is 2.37. The number of rotatable bonds is 9. The molecule has 10 nitrogen and oxygen atoms in total. The van der Waals surface area contributed by atoms with Gasteiger partial charge in [-0.2, -0.15) is 0 Å². The van der Waals surface area contributed by atoms with E-state index in [0.717, 1.165) is 45.0 Å². The number of ether oxygens (including phenoxy) is 1. The van der Waals surface area contributed by atoms with Gasteiger partial charge in [0, 0.05) is 50.0 Å². The first-order valence-corrected chi connectivity index (χ1v) is 14.3. The van der Waals surface area contributed by atoms with Crippen LogP contribution in [0.2, 0.25) is 0 Å². The van der Waals surface area contributed by atoms with Gasteiger partial charge in [0.1, 0.15) is 17.1 Å². The molecule has 3 aromatic carbocycles. The second-order valence-corrected chi connectivity index (χ2v) is 10.9. The topological polar surface area (TPSA) is 134 Å². The number of H-pyrrole nitrogens is 1. The van der Waals surface area contributed by atoms with E-state index < -0.39 is 23.0 Å². The van der Waals surface area contributed by atoms with E-state index in [1.54, 1.807) is 12.1 Å². The van der Waals surface area contributed by atoms with E-state index in [4.69, 9.17) is 4.74 Å². The summed E-state index contributed by atoms with van der Waals surface area (Å²) >= 11 is 0. The van der Waals surface area contributed by atoms with Crippen molar-refractivity contribution in [3.05, 3.63) is 104 Å². The summed E-state index contributed by atoms with van der Waals surface area (Å²) in [4.78, 5) is 50.9. The molecule has 0 radical (unpaired) electrons. The first-order valence-electron chi connectivity index (χ1n) is 14.3. The number of carbonyl (C=O) groups excluding carboxylic acids is 2. The average molecular weight is 600 g/mol. The van der Waals surface area contributed by atoms with Crippen molar-refractivity contribution in [2.24, 2.45) is 7.05 Å². The van der Waals surface area contributed by atoms with Crippen molar-refractivity contribution < 1.29 is 18.7 Å². The highest BCUT2D eigenvalue weighted by Gasteiger charge is 2.21. The first-order chi connectivity index (χ1) is 21.1. The molecule has 2 heterocycles. The van der Waals surface area contributed by atoms with Crippen LogP contribution in [0.5, 0.6) is 5.75 Å². The molecule has 1 saturated heterocycles. The number of methoxy groups -OCH3 is 1. The lowest BCUT2D eigenvalue weighted by Gasteiger charge is -2.18. The Morgan fingerprint density at radius 2 is 1.75 bits per heavy atom. The number of halogens is 1. The zero-order valence-electron chi connectivity index (χ0n) is 25.0. The van der Waals surface area contributed by atoms with Crippen molar-refractivity contribution in [2.75, 3.05) is 19.0 Å². The maximum Gasteiger partial charge on any atom is 0.328 e. The Kier molecular flexibility index (Phi) is 8.77. The molecule has 4 N–H and O–H groups in total. The molecule has 5 rings (SSSR count). The summed E-state index contributed by atoms with van der Waals surface area (Å²) in [6.45, 7) is 4.61. The van der Waals surface area contributed by atoms with E-state index in [1.165, 1.54) is 20.2 Å². The number of hydrogen-bond acceptors (Lipinski definition) is 6. The average Bonchev–Trinajstić information content (AvgIpc) is 3.42. The summed E-state index contributed by atoms with van der Waals surface area (Å²) in [5, 5.41) is 8.91. The fraction of sp³-hybridized carbons (Fsp3) is 0.273. The third-order valence-corrected chi connectivity index (χ3v) is 8.09. The smallest absolute Gasteiger partial charge is 0.328 e. The predicted molar refractivity (Wildman–Crippen MR) is 166 cm³/mol. The summed E-state index contributed by atoms with van der Waals surface area (Å²) < 4.78 is 21.9. The van der Waals surface area contributed by atoms with Gasteiger partial charge in [-0.25, -0.2) is 9.18 Å². The number of amides is 2. The van der Waals surface area contributed by atoms with Crippen LogP contribution < -0.4 is 31.9 Å². The number of benzene rings is 3. The van der Waals surface area contributed by atoms with Crippen LogP contribution in [-0.2, 0) is 18.4 Å². The lowest BCUT2D eigenvalue weighted by molar-refractivity contribution is -0.119. The van der Waals surface area contributed by atoms with Crippen molar-refractivity contribution in [2.45, 2.75) is 39.3 Å². The predicted octanol–water partition coefficient (Wildman–Crippen LogP) is 3.79. The van der Waals surface area contributed by atoms with E-state index >= 15 is 4.39 Å². The lowest BCUT2D eigenvalue weighted by atomic mass is 9.90. The molecule has 1 aliphatic heterocycles. The number of anilines is 1. The Morgan fingerprint density at radius 3 is 2.45 bits per heavy atom. The molecule has 1 aromatic heterocycles. The number of hydrogen-bond donors (Lipinski definition) is 4. The van der Waals surface area contributed by atoms with Crippen molar-refractivity contribution in [1.82, 2.24) is 20.2 Å². The highest BCUT2D eigenvalue weighted by molar-refractivity contribution is 6.04. The summed E-state index contributed by atoms with van der Waals surface area (Å²) in [5.41, 5.74) is 4.30. The molecular formula is C33H34FN5O5. The lowest BCUT2D eigenvalue weighted by Crippen LogP contribution is -2.37. The van der Waals surface area contributed by atoms with Gasteiger partial charge < -0.3 is 25.7 Å². The molecule has 44 heavy (non-hydrogen) atoms. The molecule has 0 unspecified atom stereocenters. The van der Waals surface area contributed by atoms with Gasteiger partial charge in [0.15, 0.2) is 0 Å². The number of nitrogens with one attached hydrogen (secondary N) is 4. The third kappa shape index (κ3) is 6.04. The maximum absolute atomic E-state index is 15.5. The van der Waals surface area contributed by atoms with E-state index in [9.17, 15) is 19.2 Å². The van der Waals surface area contributed by atoms with Gasteiger partial charge in [0.2, 0.25) is 5.91 Å². The van der Waals surface area contributed by atoms with Crippen LogP contribution in [0.3, 0.4) is 0 Å². The van der Waals surface area contributed by atoms with Crippen molar-refractivity contribution in [3.63, 3.8) is 0 Å². The van der Waals surface area contributed by atoms with Crippen molar-refractivity contribution in [3.8, 4) is 28.0 Å². The SMILES string of the molecule is COc1cc(-c2cccc(-c3cccc(NC(=O)c4c[nH]c(=O)n(C)c4=O)c3C)c2C)cc(F)c1CNC[C@H]1CCC(=O)N1.